The lowest BCUT2D eigenvalue weighted by Crippen LogP contribution is -2.53. The number of H-pyrrole nitrogens is 1. The smallest absolute Gasteiger partial charge is 0.317 e. The number of carbonyl (C=O) groups excluding carboxylic acids is 1. The molecule has 1 unspecified atom stereocenters. The maximum Gasteiger partial charge on any atom is 0.317 e. The quantitative estimate of drug-likeness (QED) is 0.644. The van der Waals surface area contributed by atoms with Gasteiger partial charge < -0.3 is 15.2 Å². The predicted molar refractivity (Wildman–Crippen MR) is 122 cm³/mol. The Morgan fingerprint density at radius 3 is 2.55 bits per heavy atom. The molecular weight excluding hydrogens is 390 g/mol. The van der Waals surface area contributed by atoms with Crippen LogP contribution in [0.15, 0.2) is 59.4 Å². The summed E-state index contributed by atoms with van der Waals surface area (Å²) in [5.74, 6) is 0.663. The Morgan fingerprint density at radius 1 is 1.06 bits per heavy atom. The van der Waals surface area contributed by atoms with Crippen LogP contribution in [0.5, 0.6) is 0 Å². The summed E-state index contributed by atoms with van der Waals surface area (Å²) < 4.78 is 0. The summed E-state index contributed by atoms with van der Waals surface area (Å²) in [7, 11) is 0. The van der Waals surface area contributed by atoms with Crippen LogP contribution in [-0.2, 0) is 13.0 Å². The Morgan fingerprint density at radius 2 is 1.77 bits per heavy atom. The summed E-state index contributed by atoms with van der Waals surface area (Å²) >= 11 is 0. The highest BCUT2D eigenvalue weighted by Crippen LogP contribution is 2.10. The third-order valence-electron chi connectivity index (χ3n) is 5.77. The lowest BCUT2D eigenvalue weighted by atomic mass is 10.1. The molecule has 2 aromatic carbocycles. The van der Waals surface area contributed by atoms with Crippen LogP contribution < -0.4 is 10.9 Å². The van der Waals surface area contributed by atoms with E-state index in [1.165, 1.54) is 5.56 Å². The highest BCUT2D eigenvalue weighted by Gasteiger charge is 2.22. The number of para-hydroxylation sites is 1. The van der Waals surface area contributed by atoms with E-state index in [-0.39, 0.29) is 17.6 Å². The second kappa shape index (κ2) is 9.75. The standard InChI is InChI=1S/C24H29N5O2/c1-18(11-12-19-7-3-2-4-8-19)25-24(31)29-15-13-28(14-16-29)17-22-26-21-10-6-5-9-20(21)23(30)27-22/h2-10,18H,11-17H2,1H3,(H,25,31)(H,26,27,30). The number of fused-ring (bicyclic) bond motifs is 1. The van der Waals surface area contributed by atoms with Gasteiger partial charge in [-0.3, -0.25) is 9.69 Å². The molecule has 1 aliphatic heterocycles. The van der Waals surface area contributed by atoms with Gasteiger partial charge >= 0.3 is 6.03 Å². The first kappa shape index (κ1) is 21.1. The summed E-state index contributed by atoms with van der Waals surface area (Å²) in [6.07, 6.45) is 1.86. The molecule has 7 nitrogen and oxygen atoms in total. The van der Waals surface area contributed by atoms with E-state index in [1.54, 1.807) is 6.07 Å². The topological polar surface area (TPSA) is 81.3 Å². The largest absolute Gasteiger partial charge is 0.336 e. The fourth-order valence-electron chi connectivity index (χ4n) is 3.93. The number of carbonyl (C=O) groups is 1. The lowest BCUT2D eigenvalue weighted by molar-refractivity contribution is 0.131. The number of aromatic nitrogens is 2. The van der Waals surface area contributed by atoms with Crippen LogP contribution in [0.3, 0.4) is 0 Å². The summed E-state index contributed by atoms with van der Waals surface area (Å²) in [5, 5.41) is 3.73. The first-order chi connectivity index (χ1) is 15.1. The van der Waals surface area contributed by atoms with Gasteiger partial charge in [-0.2, -0.15) is 0 Å². The summed E-state index contributed by atoms with van der Waals surface area (Å²) in [5.41, 5.74) is 1.89. The monoisotopic (exact) mass is 419 g/mol. The third-order valence-corrected chi connectivity index (χ3v) is 5.77. The average Bonchev–Trinajstić information content (AvgIpc) is 2.79. The van der Waals surface area contributed by atoms with Crippen LogP contribution in [0.25, 0.3) is 10.9 Å². The molecule has 4 rings (SSSR count). The van der Waals surface area contributed by atoms with Crippen LogP contribution in [0.2, 0.25) is 0 Å². The zero-order valence-corrected chi connectivity index (χ0v) is 17.9. The van der Waals surface area contributed by atoms with Gasteiger partial charge in [-0.15, -0.1) is 0 Å². The van der Waals surface area contributed by atoms with E-state index < -0.39 is 0 Å². The molecular formula is C24H29N5O2. The third kappa shape index (κ3) is 5.49. The minimum Gasteiger partial charge on any atom is -0.336 e. The number of urea groups is 1. The van der Waals surface area contributed by atoms with Crippen molar-refractivity contribution in [2.75, 3.05) is 26.2 Å². The number of hydrogen-bond donors (Lipinski definition) is 2. The van der Waals surface area contributed by atoms with E-state index >= 15 is 0 Å². The van der Waals surface area contributed by atoms with Crippen LogP contribution in [0.4, 0.5) is 4.79 Å². The zero-order valence-electron chi connectivity index (χ0n) is 17.9. The molecule has 2 N–H and O–H groups in total. The molecule has 2 heterocycles. The molecule has 1 aliphatic rings. The van der Waals surface area contributed by atoms with Gasteiger partial charge in [0.05, 0.1) is 17.4 Å². The maximum absolute atomic E-state index is 12.6. The number of nitrogens with zero attached hydrogens (tertiary/aromatic N) is 3. The molecule has 0 spiro atoms. The van der Waals surface area contributed by atoms with Crippen LogP contribution in [-0.4, -0.2) is 58.0 Å². The average molecular weight is 420 g/mol. The van der Waals surface area contributed by atoms with E-state index in [2.05, 4.69) is 39.2 Å². The van der Waals surface area contributed by atoms with Gasteiger partial charge in [0, 0.05) is 32.2 Å². The molecule has 2 amide bonds. The molecule has 0 saturated carbocycles. The molecule has 162 valence electrons. The Bertz CT molecular complexity index is 1070. The summed E-state index contributed by atoms with van der Waals surface area (Å²) in [6, 6.07) is 17.8. The summed E-state index contributed by atoms with van der Waals surface area (Å²) in [6.45, 7) is 5.46. The lowest BCUT2D eigenvalue weighted by Gasteiger charge is -2.35. The molecule has 7 heteroatoms. The van der Waals surface area contributed by atoms with E-state index in [9.17, 15) is 9.59 Å². The highest BCUT2D eigenvalue weighted by molar-refractivity contribution is 5.77. The van der Waals surface area contributed by atoms with Gasteiger partial charge in [0.2, 0.25) is 0 Å². The Kier molecular flexibility index (Phi) is 6.62. The van der Waals surface area contributed by atoms with Crippen LogP contribution in [0.1, 0.15) is 24.7 Å². The van der Waals surface area contributed by atoms with Gasteiger partial charge in [-0.05, 0) is 37.5 Å². The predicted octanol–water partition coefficient (Wildman–Crippen LogP) is 2.77. The minimum atomic E-state index is -0.108. The number of benzene rings is 2. The Balaban J connectivity index is 1.24. The first-order valence-corrected chi connectivity index (χ1v) is 10.9. The number of nitrogens with one attached hydrogen (secondary N) is 2. The number of amides is 2. The van der Waals surface area contributed by atoms with E-state index in [1.807, 2.05) is 41.3 Å². The van der Waals surface area contributed by atoms with E-state index in [0.29, 0.717) is 36.4 Å². The van der Waals surface area contributed by atoms with E-state index in [4.69, 9.17) is 0 Å². The number of rotatable bonds is 6. The number of aryl methyl sites for hydroxylation is 1. The second-order valence-corrected chi connectivity index (χ2v) is 8.17. The van der Waals surface area contributed by atoms with Crippen molar-refractivity contribution in [2.24, 2.45) is 0 Å². The minimum absolute atomic E-state index is 0.00236. The van der Waals surface area contributed by atoms with Crippen molar-refractivity contribution in [3.63, 3.8) is 0 Å². The number of hydrogen-bond acceptors (Lipinski definition) is 4. The van der Waals surface area contributed by atoms with Crippen molar-refractivity contribution in [3.8, 4) is 0 Å². The van der Waals surface area contributed by atoms with Crippen molar-refractivity contribution in [3.05, 3.63) is 76.3 Å². The fourth-order valence-corrected chi connectivity index (χ4v) is 3.93. The molecule has 31 heavy (non-hydrogen) atoms. The molecule has 1 aromatic heterocycles. The highest BCUT2D eigenvalue weighted by atomic mass is 16.2. The first-order valence-electron chi connectivity index (χ1n) is 10.9. The molecule has 3 aromatic rings. The normalized spacial score (nSPS) is 15.7. The van der Waals surface area contributed by atoms with Gasteiger partial charge in [0.25, 0.3) is 5.56 Å². The molecule has 1 fully saturated rings. The molecule has 1 atom stereocenters. The van der Waals surface area contributed by atoms with Crippen LogP contribution >= 0.6 is 0 Å². The van der Waals surface area contributed by atoms with Crippen molar-refractivity contribution in [1.29, 1.82) is 0 Å². The summed E-state index contributed by atoms with van der Waals surface area (Å²) in [4.78, 5) is 36.4. The zero-order chi connectivity index (χ0) is 21.6. The van der Waals surface area contributed by atoms with E-state index in [0.717, 1.165) is 25.9 Å². The Labute approximate surface area is 182 Å². The van der Waals surface area contributed by atoms with Gasteiger partial charge in [-0.1, -0.05) is 42.5 Å². The van der Waals surface area contributed by atoms with Crippen molar-refractivity contribution in [1.82, 2.24) is 25.1 Å². The molecule has 0 bridgehead atoms. The fraction of sp³-hybridized carbons (Fsp3) is 0.375. The van der Waals surface area contributed by atoms with Crippen LogP contribution in [0, 0.1) is 0 Å². The second-order valence-electron chi connectivity index (χ2n) is 8.17. The maximum atomic E-state index is 12.6. The van der Waals surface area contributed by atoms with Crippen molar-refractivity contribution >= 4 is 16.9 Å². The number of aromatic amines is 1. The molecule has 0 radical (unpaired) electrons. The van der Waals surface area contributed by atoms with Gasteiger partial charge in [-0.25, -0.2) is 9.78 Å². The van der Waals surface area contributed by atoms with Crippen molar-refractivity contribution in [2.45, 2.75) is 32.4 Å². The molecule has 0 aliphatic carbocycles. The van der Waals surface area contributed by atoms with Crippen molar-refractivity contribution < 1.29 is 4.79 Å². The van der Waals surface area contributed by atoms with Gasteiger partial charge in [0.1, 0.15) is 5.82 Å². The van der Waals surface area contributed by atoms with Gasteiger partial charge in [0.15, 0.2) is 0 Å². The molecule has 1 saturated heterocycles. The number of piperazine rings is 1. The Hall–Kier alpha value is -3.19. The SMILES string of the molecule is CC(CCc1ccccc1)NC(=O)N1CCN(Cc2nc3ccccc3c(=O)[nH]2)CC1.